The Morgan fingerprint density at radius 3 is 2.29 bits per heavy atom. The van der Waals surface area contributed by atoms with Crippen LogP contribution in [0.3, 0.4) is 0 Å². The molecule has 31 heavy (non-hydrogen) atoms. The number of hydrogen-bond acceptors (Lipinski definition) is 5. The van der Waals surface area contributed by atoms with Crippen molar-refractivity contribution in [1.82, 2.24) is 0 Å². The highest BCUT2D eigenvalue weighted by atomic mass is 32.2. The minimum atomic E-state index is -3.87. The van der Waals surface area contributed by atoms with E-state index >= 15 is 0 Å². The number of ether oxygens (including phenoxy) is 2. The zero-order valence-electron chi connectivity index (χ0n) is 17.3. The number of nitrogens with one attached hydrogen (secondary N) is 2. The van der Waals surface area contributed by atoms with E-state index in [1.165, 1.54) is 25.1 Å². The molecule has 2 N–H and O–H groups in total. The Balaban J connectivity index is 1.71. The van der Waals surface area contributed by atoms with Crippen LogP contribution in [0.25, 0.3) is 0 Å². The molecule has 0 spiro atoms. The van der Waals surface area contributed by atoms with Crippen LogP contribution in [-0.2, 0) is 21.4 Å². The first kappa shape index (κ1) is 22.2. The highest BCUT2D eigenvalue weighted by Crippen LogP contribution is 2.29. The third-order valence-electron chi connectivity index (χ3n) is 4.23. The highest BCUT2D eigenvalue weighted by Gasteiger charge is 2.17. The molecule has 0 aromatic heterocycles. The number of sulfonamides is 1. The predicted octanol–water partition coefficient (Wildman–Crippen LogP) is 4.42. The summed E-state index contributed by atoms with van der Waals surface area (Å²) in [6.45, 7) is 3.95. The zero-order valence-corrected chi connectivity index (χ0v) is 18.1. The van der Waals surface area contributed by atoms with Gasteiger partial charge in [0.1, 0.15) is 18.1 Å². The molecule has 0 saturated carbocycles. The Kier molecular flexibility index (Phi) is 7.15. The molecule has 0 saturated heterocycles. The molecule has 0 radical (unpaired) electrons. The normalized spacial score (nSPS) is 10.9. The third-order valence-corrected chi connectivity index (χ3v) is 5.61. The van der Waals surface area contributed by atoms with E-state index < -0.39 is 10.0 Å². The van der Waals surface area contributed by atoms with Crippen LogP contribution >= 0.6 is 0 Å². The van der Waals surface area contributed by atoms with Crippen molar-refractivity contribution in [2.45, 2.75) is 25.3 Å². The number of carbonyl (C=O) groups is 1. The molecular formula is C23H24N2O5S. The smallest absolute Gasteiger partial charge is 0.261 e. The molecule has 0 aliphatic carbocycles. The molecule has 0 aliphatic rings. The van der Waals surface area contributed by atoms with E-state index in [0.717, 1.165) is 5.56 Å². The Morgan fingerprint density at radius 1 is 0.935 bits per heavy atom. The van der Waals surface area contributed by atoms with Crippen LogP contribution in [0.1, 0.15) is 19.4 Å². The predicted molar refractivity (Wildman–Crippen MR) is 120 cm³/mol. The van der Waals surface area contributed by atoms with Crippen molar-refractivity contribution < 1.29 is 22.7 Å². The fourth-order valence-electron chi connectivity index (χ4n) is 2.82. The molecule has 7 nitrogen and oxygen atoms in total. The lowest BCUT2D eigenvalue weighted by molar-refractivity contribution is -0.114. The van der Waals surface area contributed by atoms with Crippen LogP contribution in [0.15, 0.2) is 77.7 Å². The van der Waals surface area contributed by atoms with Gasteiger partial charge in [0.25, 0.3) is 10.0 Å². The molecule has 0 bridgehead atoms. The third kappa shape index (κ3) is 6.23. The Hall–Kier alpha value is -3.52. The second kappa shape index (κ2) is 9.99. The monoisotopic (exact) mass is 440 g/mol. The van der Waals surface area contributed by atoms with Gasteiger partial charge in [-0.1, -0.05) is 30.3 Å². The Morgan fingerprint density at radius 2 is 1.65 bits per heavy atom. The molecule has 0 aliphatic heterocycles. The molecule has 3 aromatic carbocycles. The second-order valence-corrected chi connectivity index (χ2v) is 8.36. The summed E-state index contributed by atoms with van der Waals surface area (Å²) in [7, 11) is -3.87. The summed E-state index contributed by atoms with van der Waals surface area (Å²) in [5.41, 5.74) is 1.72. The molecule has 3 aromatic rings. The highest BCUT2D eigenvalue weighted by molar-refractivity contribution is 7.92. The van der Waals surface area contributed by atoms with Crippen molar-refractivity contribution in [3.05, 3.63) is 78.4 Å². The van der Waals surface area contributed by atoms with Crippen LogP contribution in [0.2, 0.25) is 0 Å². The van der Waals surface area contributed by atoms with Gasteiger partial charge in [0.2, 0.25) is 5.91 Å². The fraction of sp³-hybridized carbons (Fsp3) is 0.174. The average molecular weight is 441 g/mol. The van der Waals surface area contributed by atoms with E-state index in [2.05, 4.69) is 10.0 Å². The number of benzene rings is 3. The van der Waals surface area contributed by atoms with Gasteiger partial charge >= 0.3 is 0 Å². The second-order valence-electron chi connectivity index (χ2n) is 6.68. The molecule has 0 atom stereocenters. The van der Waals surface area contributed by atoms with Gasteiger partial charge in [-0.2, -0.15) is 0 Å². The van der Waals surface area contributed by atoms with Crippen molar-refractivity contribution in [2.24, 2.45) is 0 Å². The summed E-state index contributed by atoms with van der Waals surface area (Å²) < 4.78 is 39.3. The standard InChI is InChI=1S/C23H24N2O5S/c1-3-29-23-14-13-21(15-22(23)24-17(2)26)31(27,28)25-19-9-11-20(12-10-19)30-16-18-7-5-4-6-8-18/h4-15,25H,3,16H2,1-2H3,(H,24,26). The SMILES string of the molecule is CCOc1ccc(S(=O)(=O)Nc2ccc(OCc3ccccc3)cc2)cc1NC(C)=O. The van der Waals surface area contributed by atoms with E-state index in [9.17, 15) is 13.2 Å². The number of hydrogen-bond donors (Lipinski definition) is 2. The van der Waals surface area contributed by atoms with E-state index in [4.69, 9.17) is 9.47 Å². The largest absolute Gasteiger partial charge is 0.492 e. The number of carbonyl (C=O) groups excluding carboxylic acids is 1. The summed E-state index contributed by atoms with van der Waals surface area (Å²) >= 11 is 0. The number of amides is 1. The van der Waals surface area contributed by atoms with E-state index in [1.807, 2.05) is 30.3 Å². The maximum Gasteiger partial charge on any atom is 0.261 e. The Bertz CT molecular complexity index is 1130. The average Bonchev–Trinajstić information content (AvgIpc) is 2.75. The van der Waals surface area contributed by atoms with Gasteiger partial charge in [0, 0.05) is 12.6 Å². The lowest BCUT2D eigenvalue weighted by atomic mass is 10.2. The van der Waals surface area contributed by atoms with Crippen molar-refractivity contribution >= 4 is 27.3 Å². The van der Waals surface area contributed by atoms with Crippen LogP contribution in [0.4, 0.5) is 11.4 Å². The molecule has 0 heterocycles. The van der Waals surface area contributed by atoms with E-state index in [0.29, 0.717) is 36.1 Å². The molecule has 0 unspecified atom stereocenters. The first-order valence-corrected chi connectivity index (χ1v) is 11.2. The van der Waals surface area contributed by atoms with Crippen LogP contribution in [-0.4, -0.2) is 20.9 Å². The van der Waals surface area contributed by atoms with Gasteiger partial charge in [-0.05, 0) is 55.0 Å². The number of anilines is 2. The summed E-state index contributed by atoms with van der Waals surface area (Å²) in [6.07, 6.45) is 0. The molecule has 1 amide bonds. The maximum atomic E-state index is 12.8. The summed E-state index contributed by atoms with van der Waals surface area (Å²) in [6, 6.07) is 20.7. The lowest BCUT2D eigenvalue weighted by Crippen LogP contribution is -2.14. The van der Waals surface area contributed by atoms with Crippen LogP contribution in [0, 0.1) is 0 Å². The first-order valence-electron chi connectivity index (χ1n) is 9.71. The molecular weight excluding hydrogens is 416 g/mol. The van der Waals surface area contributed by atoms with Gasteiger partial charge in [-0.3, -0.25) is 9.52 Å². The summed E-state index contributed by atoms with van der Waals surface area (Å²) in [4.78, 5) is 11.5. The lowest BCUT2D eigenvalue weighted by Gasteiger charge is -2.14. The summed E-state index contributed by atoms with van der Waals surface area (Å²) in [5.74, 6) is 0.701. The number of rotatable bonds is 9. The van der Waals surface area contributed by atoms with Gasteiger partial charge in [-0.15, -0.1) is 0 Å². The minimum Gasteiger partial charge on any atom is -0.492 e. The molecule has 8 heteroatoms. The fourth-order valence-corrected chi connectivity index (χ4v) is 3.90. The van der Waals surface area contributed by atoms with E-state index in [1.54, 1.807) is 31.2 Å². The van der Waals surface area contributed by atoms with Gasteiger partial charge in [-0.25, -0.2) is 8.42 Å². The summed E-state index contributed by atoms with van der Waals surface area (Å²) in [5, 5.41) is 2.60. The van der Waals surface area contributed by atoms with Crippen LogP contribution < -0.4 is 19.5 Å². The first-order chi connectivity index (χ1) is 14.9. The zero-order chi connectivity index (χ0) is 22.3. The topological polar surface area (TPSA) is 93.7 Å². The molecule has 162 valence electrons. The van der Waals surface area contributed by atoms with Crippen molar-refractivity contribution in [2.75, 3.05) is 16.6 Å². The van der Waals surface area contributed by atoms with Crippen LogP contribution in [0.5, 0.6) is 11.5 Å². The Labute approximate surface area is 182 Å². The maximum absolute atomic E-state index is 12.8. The van der Waals surface area contributed by atoms with Gasteiger partial charge < -0.3 is 14.8 Å². The van der Waals surface area contributed by atoms with Crippen molar-refractivity contribution in [3.63, 3.8) is 0 Å². The quantitative estimate of drug-likeness (QED) is 0.514. The van der Waals surface area contributed by atoms with Gasteiger partial charge in [0.05, 0.1) is 17.2 Å². The van der Waals surface area contributed by atoms with Crippen molar-refractivity contribution in [3.8, 4) is 11.5 Å². The molecule has 0 fully saturated rings. The van der Waals surface area contributed by atoms with Gasteiger partial charge in [0.15, 0.2) is 0 Å². The minimum absolute atomic E-state index is 0.00380. The molecule has 3 rings (SSSR count). The van der Waals surface area contributed by atoms with E-state index in [-0.39, 0.29) is 10.8 Å². The van der Waals surface area contributed by atoms with Crippen molar-refractivity contribution in [1.29, 1.82) is 0 Å².